The number of carbonyl (C=O) groups is 1. The van der Waals surface area contributed by atoms with Gasteiger partial charge in [0.2, 0.25) is 5.91 Å². The van der Waals surface area contributed by atoms with Crippen LogP contribution in [0.25, 0.3) is 0 Å². The van der Waals surface area contributed by atoms with Gasteiger partial charge in [0.15, 0.2) is 0 Å². The molecular formula is C20H30N2O3. The molecule has 25 heavy (non-hydrogen) atoms. The molecule has 0 aliphatic carbocycles. The summed E-state index contributed by atoms with van der Waals surface area (Å²) in [6, 6.07) is 8.55. The first-order valence-corrected chi connectivity index (χ1v) is 9.46. The van der Waals surface area contributed by atoms with Crippen LogP contribution in [0.2, 0.25) is 0 Å². The van der Waals surface area contributed by atoms with Gasteiger partial charge in [0.05, 0.1) is 19.3 Å². The molecule has 0 aromatic heterocycles. The number of benzene rings is 1. The van der Waals surface area contributed by atoms with E-state index in [4.69, 9.17) is 4.74 Å². The first kappa shape index (κ1) is 18.4. The highest BCUT2D eigenvalue weighted by Crippen LogP contribution is 2.29. The van der Waals surface area contributed by atoms with Gasteiger partial charge in [-0.15, -0.1) is 0 Å². The number of likely N-dealkylation sites (tertiary alicyclic amines) is 1. The van der Waals surface area contributed by atoms with E-state index in [2.05, 4.69) is 29.3 Å². The summed E-state index contributed by atoms with van der Waals surface area (Å²) >= 11 is 0. The maximum Gasteiger partial charge on any atom is 0.234 e. The molecule has 2 N–H and O–H groups in total. The van der Waals surface area contributed by atoms with Crippen LogP contribution in [0.3, 0.4) is 0 Å². The number of hydrogen-bond donors (Lipinski definition) is 2. The number of nitrogens with zero attached hydrogens (tertiary/aromatic N) is 1. The van der Waals surface area contributed by atoms with Gasteiger partial charge in [-0.05, 0) is 50.3 Å². The molecule has 5 heteroatoms. The molecule has 1 aromatic rings. The summed E-state index contributed by atoms with van der Waals surface area (Å²) in [5.41, 5.74) is 2.55. The van der Waals surface area contributed by atoms with E-state index in [0.29, 0.717) is 32.7 Å². The zero-order valence-corrected chi connectivity index (χ0v) is 15.1. The average molecular weight is 346 g/mol. The van der Waals surface area contributed by atoms with E-state index in [-0.39, 0.29) is 24.0 Å². The smallest absolute Gasteiger partial charge is 0.234 e. The van der Waals surface area contributed by atoms with E-state index < -0.39 is 0 Å². The van der Waals surface area contributed by atoms with Crippen molar-refractivity contribution in [1.82, 2.24) is 10.2 Å². The van der Waals surface area contributed by atoms with E-state index >= 15 is 0 Å². The second-order valence-electron chi connectivity index (χ2n) is 7.30. The monoisotopic (exact) mass is 346 g/mol. The zero-order valence-electron chi connectivity index (χ0n) is 15.1. The number of aliphatic hydroxyl groups excluding tert-OH is 1. The Morgan fingerprint density at radius 2 is 2.20 bits per heavy atom. The molecule has 2 saturated heterocycles. The Hall–Kier alpha value is -1.43. The van der Waals surface area contributed by atoms with Crippen molar-refractivity contribution in [3.8, 4) is 0 Å². The topological polar surface area (TPSA) is 61.8 Å². The molecule has 0 radical (unpaired) electrons. The summed E-state index contributed by atoms with van der Waals surface area (Å²) in [4.78, 5) is 14.6. The Morgan fingerprint density at radius 1 is 1.36 bits per heavy atom. The number of rotatable bonds is 6. The summed E-state index contributed by atoms with van der Waals surface area (Å²) in [5.74, 6) is 0.211. The van der Waals surface area contributed by atoms with Crippen LogP contribution in [0.1, 0.15) is 30.4 Å². The van der Waals surface area contributed by atoms with E-state index in [1.54, 1.807) is 0 Å². The Bertz CT molecular complexity index is 578. The molecule has 5 nitrogen and oxygen atoms in total. The van der Waals surface area contributed by atoms with Crippen molar-refractivity contribution in [2.45, 2.75) is 44.8 Å². The van der Waals surface area contributed by atoms with Crippen LogP contribution < -0.4 is 5.32 Å². The van der Waals surface area contributed by atoms with Crippen LogP contribution in [0, 0.1) is 12.8 Å². The normalized spacial score (nSPS) is 27.4. The lowest BCUT2D eigenvalue weighted by molar-refractivity contribution is -0.123. The minimum Gasteiger partial charge on any atom is -0.393 e. The molecule has 3 rings (SSSR count). The zero-order chi connectivity index (χ0) is 17.6. The molecule has 138 valence electrons. The van der Waals surface area contributed by atoms with Crippen molar-refractivity contribution in [2.24, 2.45) is 5.92 Å². The maximum absolute atomic E-state index is 12.3. The Kier molecular flexibility index (Phi) is 6.45. The summed E-state index contributed by atoms with van der Waals surface area (Å²) in [6.07, 6.45) is 3.39. The number of nitrogens with one attached hydrogen (secondary N) is 1. The standard InChI is InChI=1S/C20H30N2O3/c1-15-5-2-3-6-16(15)8-10-21-20(24)13-22-11-4-7-18(22)17-14-25-12-9-19(17)23/h2-3,5-6,17-19,23H,4,7-14H2,1H3,(H,21,24)/t17-,18-,19+/m1/s1. The molecule has 2 heterocycles. The van der Waals surface area contributed by atoms with Gasteiger partial charge < -0.3 is 15.2 Å². The molecule has 2 aliphatic rings. The molecule has 0 spiro atoms. The van der Waals surface area contributed by atoms with Crippen LogP contribution in [-0.4, -0.2) is 60.9 Å². The maximum atomic E-state index is 12.3. The van der Waals surface area contributed by atoms with E-state index in [9.17, 15) is 9.90 Å². The molecular weight excluding hydrogens is 316 g/mol. The molecule has 3 atom stereocenters. The van der Waals surface area contributed by atoms with Crippen LogP contribution >= 0.6 is 0 Å². The number of ether oxygens (including phenoxy) is 1. The highest BCUT2D eigenvalue weighted by molar-refractivity contribution is 5.78. The third-order valence-electron chi connectivity index (χ3n) is 5.60. The fourth-order valence-corrected chi connectivity index (χ4v) is 4.12. The molecule has 1 aromatic carbocycles. The molecule has 1 amide bonds. The number of carbonyl (C=O) groups excluding carboxylic acids is 1. The highest BCUT2D eigenvalue weighted by atomic mass is 16.5. The van der Waals surface area contributed by atoms with Crippen LogP contribution in [0.15, 0.2) is 24.3 Å². The third-order valence-corrected chi connectivity index (χ3v) is 5.60. The number of hydrogen-bond acceptors (Lipinski definition) is 4. The third kappa shape index (κ3) is 4.81. The summed E-state index contributed by atoms with van der Waals surface area (Å²) < 4.78 is 5.56. The van der Waals surface area contributed by atoms with Crippen molar-refractivity contribution >= 4 is 5.91 Å². The van der Waals surface area contributed by atoms with Crippen LogP contribution in [-0.2, 0) is 16.0 Å². The van der Waals surface area contributed by atoms with Crippen molar-refractivity contribution in [2.75, 3.05) is 32.8 Å². The second kappa shape index (κ2) is 8.79. The number of aliphatic hydroxyl groups is 1. The average Bonchev–Trinajstić information content (AvgIpc) is 3.05. The second-order valence-corrected chi connectivity index (χ2v) is 7.30. The number of amides is 1. The summed E-state index contributed by atoms with van der Waals surface area (Å²) in [5, 5.41) is 13.3. The minimum atomic E-state index is -0.302. The van der Waals surface area contributed by atoms with Gasteiger partial charge in [-0.2, -0.15) is 0 Å². The van der Waals surface area contributed by atoms with Crippen LogP contribution in [0.5, 0.6) is 0 Å². The predicted octanol–water partition coefficient (Wildman–Crippen LogP) is 1.52. The quantitative estimate of drug-likeness (QED) is 0.820. The van der Waals surface area contributed by atoms with Crippen molar-refractivity contribution < 1.29 is 14.6 Å². The van der Waals surface area contributed by atoms with Gasteiger partial charge in [-0.1, -0.05) is 24.3 Å². The van der Waals surface area contributed by atoms with Gasteiger partial charge in [0.1, 0.15) is 0 Å². The lowest BCUT2D eigenvalue weighted by atomic mass is 9.89. The lowest BCUT2D eigenvalue weighted by Gasteiger charge is -2.36. The molecule has 0 unspecified atom stereocenters. The van der Waals surface area contributed by atoms with E-state index in [1.165, 1.54) is 11.1 Å². The van der Waals surface area contributed by atoms with Crippen LogP contribution in [0.4, 0.5) is 0 Å². The minimum absolute atomic E-state index is 0.0756. The largest absolute Gasteiger partial charge is 0.393 e. The fourth-order valence-electron chi connectivity index (χ4n) is 4.12. The van der Waals surface area contributed by atoms with Crippen molar-refractivity contribution in [3.63, 3.8) is 0 Å². The van der Waals surface area contributed by atoms with Crippen molar-refractivity contribution in [3.05, 3.63) is 35.4 Å². The molecule has 2 aliphatic heterocycles. The highest BCUT2D eigenvalue weighted by Gasteiger charge is 2.37. The fraction of sp³-hybridized carbons (Fsp3) is 0.650. The van der Waals surface area contributed by atoms with Gasteiger partial charge in [0.25, 0.3) is 0 Å². The van der Waals surface area contributed by atoms with E-state index in [1.807, 2.05) is 12.1 Å². The lowest BCUT2D eigenvalue weighted by Crippen LogP contribution is -2.48. The van der Waals surface area contributed by atoms with Gasteiger partial charge >= 0.3 is 0 Å². The van der Waals surface area contributed by atoms with E-state index in [0.717, 1.165) is 25.8 Å². The van der Waals surface area contributed by atoms with Gasteiger partial charge in [-0.3, -0.25) is 9.69 Å². The SMILES string of the molecule is Cc1ccccc1CCNC(=O)CN1CCC[C@@H]1[C@H]1COCC[C@@H]1O. The predicted molar refractivity (Wildman–Crippen MR) is 97.4 cm³/mol. The number of aryl methyl sites for hydroxylation is 1. The summed E-state index contributed by atoms with van der Waals surface area (Å²) in [6.45, 7) is 5.36. The summed E-state index contributed by atoms with van der Waals surface area (Å²) in [7, 11) is 0. The van der Waals surface area contributed by atoms with Crippen molar-refractivity contribution in [1.29, 1.82) is 0 Å². The van der Waals surface area contributed by atoms with Gasteiger partial charge in [0, 0.05) is 25.1 Å². The first-order chi connectivity index (χ1) is 12.1. The Labute approximate surface area is 150 Å². The molecule has 2 fully saturated rings. The molecule has 0 bridgehead atoms. The van der Waals surface area contributed by atoms with Gasteiger partial charge in [-0.25, -0.2) is 0 Å². The first-order valence-electron chi connectivity index (χ1n) is 9.46. The Balaban J connectivity index is 1.46. The Morgan fingerprint density at radius 3 is 3.00 bits per heavy atom. The molecule has 0 saturated carbocycles.